The number of nitrogens with zero attached hydrogens (tertiary/aromatic N) is 2. The lowest BCUT2D eigenvalue weighted by Crippen LogP contribution is -2.38. The number of hydrogen-bond acceptors (Lipinski definition) is 4. The van der Waals surface area contributed by atoms with Gasteiger partial charge in [-0.25, -0.2) is 4.98 Å². The molecule has 0 radical (unpaired) electrons. The number of halogens is 1. The first-order chi connectivity index (χ1) is 10.2. The maximum atomic E-state index is 12.5. The monoisotopic (exact) mass is 354 g/mol. The van der Waals surface area contributed by atoms with Crippen LogP contribution >= 0.6 is 15.9 Å². The van der Waals surface area contributed by atoms with Gasteiger partial charge in [0.25, 0.3) is 0 Å². The Hall–Kier alpha value is -1.14. The second kappa shape index (κ2) is 6.75. The third kappa shape index (κ3) is 3.55. The second-order valence-electron chi connectivity index (χ2n) is 5.49. The van der Waals surface area contributed by atoms with Gasteiger partial charge in [-0.3, -0.25) is 4.79 Å². The topological polar surface area (TPSA) is 51.7 Å². The Labute approximate surface area is 132 Å². The van der Waals surface area contributed by atoms with E-state index < -0.39 is 0 Å². The van der Waals surface area contributed by atoms with Gasteiger partial charge in [0.05, 0.1) is 11.0 Å². The van der Waals surface area contributed by atoms with Crippen molar-refractivity contribution >= 4 is 21.8 Å². The molecule has 5 nitrogen and oxygen atoms in total. The summed E-state index contributed by atoms with van der Waals surface area (Å²) in [5.74, 6) is 0.978. The molecule has 0 saturated carbocycles. The fraction of sp³-hybridized carbons (Fsp3) is 0.600. The molecule has 1 aromatic heterocycles. The predicted octanol–water partition coefficient (Wildman–Crippen LogP) is 2.25. The quantitative estimate of drug-likeness (QED) is 0.835. The largest absolute Gasteiger partial charge is 0.472 e. The van der Waals surface area contributed by atoms with E-state index in [1.807, 2.05) is 17.0 Å². The summed E-state index contributed by atoms with van der Waals surface area (Å²) >= 11 is 3.43. The summed E-state index contributed by atoms with van der Waals surface area (Å²) in [6.07, 6.45) is 4.28. The summed E-state index contributed by atoms with van der Waals surface area (Å²) in [6, 6.07) is 3.76. The molecule has 2 saturated heterocycles. The lowest BCUT2D eigenvalue weighted by atomic mass is 9.99. The highest BCUT2D eigenvalue weighted by atomic mass is 79.9. The Morgan fingerprint density at radius 2 is 2.19 bits per heavy atom. The number of carbonyl (C=O) groups excluding carboxylic acids is 1. The number of aromatic nitrogens is 1. The van der Waals surface area contributed by atoms with E-state index >= 15 is 0 Å². The maximum Gasteiger partial charge on any atom is 0.228 e. The number of pyridine rings is 1. The normalized spacial score (nSPS) is 23.3. The number of amides is 1. The molecule has 2 aliphatic heterocycles. The molecule has 0 bridgehead atoms. The van der Waals surface area contributed by atoms with Gasteiger partial charge in [-0.2, -0.15) is 0 Å². The molecular formula is C15H19BrN2O3. The van der Waals surface area contributed by atoms with Crippen molar-refractivity contribution in [3.8, 4) is 5.88 Å². The van der Waals surface area contributed by atoms with Gasteiger partial charge in [0.15, 0.2) is 0 Å². The predicted molar refractivity (Wildman–Crippen MR) is 81.1 cm³/mol. The molecule has 6 heteroatoms. The van der Waals surface area contributed by atoms with Crippen LogP contribution in [0.1, 0.15) is 19.3 Å². The van der Waals surface area contributed by atoms with E-state index in [1.54, 1.807) is 6.20 Å². The highest BCUT2D eigenvalue weighted by Gasteiger charge is 2.32. The van der Waals surface area contributed by atoms with Crippen LogP contribution in [0.5, 0.6) is 5.88 Å². The average Bonchev–Trinajstić information content (AvgIpc) is 2.98. The molecule has 2 aliphatic rings. The number of likely N-dealkylation sites (tertiary alicyclic amines) is 1. The highest BCUT2D eigenvalue weighted by molar-refractivity contribution is 9.10. The fourth-order valence-electron chi connectivity index (χ4n) is 2.84. The van der Waals surface area contributed by atoms with E-state index in [2.05, 4.69) is 20.9 Å². The Morgan fingerprint density at radius 3 is 2.95 bits per heavy atom. The zero-order chi connectivity index (χ0) is 14.7. The minimum absolute atomic E-state index is 0.0278. The van der Waals surface area contributed by atoms with Crippen LogP contribution in [0.25, 0.3) is 0 Å². The zero-order valence-electron chi connectivity index (χ0n) is 11.8. The Morgan fingerprint density at radius 1 is 1.38 bits per heavy atom. The smallest absolute Gasteiger partial charge is 0.228 e. The number of rotatable bonds is 3. The zero-order valence-corrected chi connectivity index (χ0v) is 13.4. The van der Waals surface area contributed by atoms with Crippen LogP contribution in [0.2, 0.25) is 0 Å². The van der Waals surface area contributed by atoms with E-state index in [0.717, 1.165) is 30.3 Å². The Bertz CT molecular complexity index is 505. The van der Waals surface area contributed by atoms with Crippen LogP contribution < -0.4 is 4.74 Å². The van der Waals surface area contributed by atoms with Crippen molar-refractivity contribution in [2.45, 2.75) is 25.4 Å². The van der Waals surface area contributed by atoms with E-state index in [1.165, 1.54) is 0 Å². The van der Waals surface area contributed by atoms with Crippen molar-refractivity contribution in [3.05, 3.63) is 22.8 Å². The van der Waals surface area contributed by atoms with Crippen LogP contribution in [0.4, 0.5) is 0 Å². The van der Waals surface area contributed by atoms with Gasteiger partial charge in [-0.1, -0.05) is 0 Å². The van der Waals surface area contributed by atoms with Crippen molar-refractivity contribution in [3.63, 3.8) is 0 Å². The molecule has 0 spiro atoms. The first-order valence-corrected chi connectivity index (χ1v) is 8.17. The lowest BCUT2D eigenvalue weighted by molar-refractivity contribution is -0.137. The third-order valence-electron chi connectivity index (χ3n) is 4.03. The molecule has 3 rings (SSSR count). The first kappa shape index (κ1) is 14.8. The Balaban J connectivity index is 1.55. The van der Waals surface area contributed by atoms with Crippen LogP contribution in [0.15, 0.2) is 22.8 Å². The van der Waals surface area contributed by atoms with Gasteiger partial charge in [0.1, 0.15) is 6.10 Å². The van der Waals surface area contributed by atoms with Crippen molar-refractivity contribution in [2.24, 2.45) is 5.92 Å². The summed E-state index contributed by atoms with van der Waals surface area (Å²) in [5, 5.41) is 0. The second-order valence-corrected chi connectivity index (χ2v) is 6.34. The summed E-state index contributed by atoms with van der Waals surface area (Å²) in [7, 11) is 0. The van der Waals surface area contributed by atoms with Gasteiger partial charge >= 0.3 is 0 Å². The van der Waals surface area contributed by atoms with Crippen LogP contribution in [0, 0.1) is 5.92 Å². The SMILES string of the molecule is O=C(C1CCOCC1)N1CCC(Oc2ncccc2Br)C1. The number of carbonyl (C=O) groups is 1. The standard InChI is InChI=1S/C15H19BrN2O3/c16-13-2-1-6-17-14(13)21-12-3-7-18(10-12)15(19)11-4-8-20-9-5-11/h1-2,6,11-12H,3-5,7-10H2. The minimum atomic E-state index is 0.0278. The summed E-state index contributed by atoms with van der Waals surface area (Å²) < 4.78 is 12.1. The molecule has 0 aliphatic carbocycles. The van der Waals surface area contributed by atoms with E-state index in [9.17, 15) is 4.79 Å². The van der Waals surface area contributed by atoms with Crippen LogP contribution in [-0.2, 0) is 9.53 Å². The molecular weight excluding hydrogens is 336 g/mol. The fourth-order valence-corrected chi connectivity index (χ4v) is 3.19. The number of ether oxygens (including phenoxy) is 2. The Kier molecular flexibility index (Phi) is 4.75. The minimum Gasteiger partial charge on any atom is -0.472 e. The molecule has 3 heterocycles. The van der Waals surface area contributed by atoms with Gasteiger partial charge in [-0.05, 0) is 40.9 Å². The summed E-state index contributed by atoms with van der Waals surface area (Å²) in [4.78, 5) is 18.6. The van der Waals surface area contributed by atoms with Gasteiger partial charge < -0.3 is 14.4 Å². The summed E-state index contributed by atoms with van der Waals surface area (Å²) in [6.45, 7) is 2.82. The van der Waals surface area contributed by atoms with Gasteiger partial charge in [0, 0.05) is 38.3 Å². The van der Waals surface area contributed by atoms with E-state index in [-0.39, 0.29) is 17.9 Å². The highest BCUT2D eigenvalue weighted by Crippen LogP contribution is 2.26. The van der Waals surface area contributed by atoms with Crippen LogP contribution in [0.3, 0.4) is 0 Å². The average molecular weight is 355 g/mol. The molecule has 1 unspecified atom stereocenters. The van der Waals surface area contributed by atoms with Crippen molar-refractivity contribution in [1.29, 1.82) is 0 Å². The summed E-state index contributed by atoms with van der Waals surface area (Å²) in [5.41, 5.74) is 0. The lowest BCUT2D eigenvalue weighted by Gasteiger charge is -2.26. The van der Waals surface area contributed by atoms with Crippen molar-refractivity contribution in [1.82, 2.24) is 9.88 Å². The third-order valence-corrected chi connectivity index (χ3v) is 4.63. The number of hydrogen-bond donors (Lipinski definition) is 0. The van der Waals surface area contributed by atoms with E-state index in [4.69, 9.17) is 9.47 Å². The molecule has 0 N–H and O–H groups in total. The van der Waals surface area contributed by atoms with Crippen molar-refractivity contribution in [2.75, 3.05) is 26.3 Å². The molecule has 1 atom stereocenters. The molecule has 1 aromatic rings. The van der Waals surface area contributed by atoms with Gasteiger partial charge in [-0.15, -0.1) is 0 Å². The molecule has 114 valence electrons. The van der Waals surface area contributed by atoms with Crippen LogP contribution in [-0.4, -0.2) is 48.2 Å². The van der Waals surface area contributed by atoms with Crippen molar-refractivity contribution < 1.29 is 14.3 Å². The van der Waals surface area contributed by atoms with E-state index in [0.29, 0.717) is 25.6 Å². The molecule has 2 fully saturated rings. The maximum absolute atomic E-state index is 12.5. The molecule has 1 amide bonds. The first-order valence-electron chi connectivity index (χ1n) is 7.38. The van der Waals surface area contributed by atoms with Gasteiger partial charge in [0.2, 0.25) is 11.8 Å². The molecule has 0 aromatic carbocycles. The molecule has 21 heavy (non-hydrogen) atoms.